The normalized spacial score (nSPS) is 32.3. The van der Waals surface area contributed by atoms with Gasteiger partial charge < -0.3 is 34.9 Å². The van der Waals surface area contributed by atoms with Gasteiger partial charge in [0.25, 0.3) is 0 Å². The number of H-pyrrole nitrogens is 1. The molecule has 5 N–H and O–H groups in total. The maximum Gasteiger partial charge on any atom is 0.229 e. The molecule has 0 aliphatic carbocycles. The third-order valence-corrected chi connectivity index (χ3v) is 3.93. The first-order valence-electron chi connectivity index (χ1n) is 6.75. The summed E-state index contributed by atoms with van der Waals surface area (Å²) in [6.07, 6.45) is -5.00. The monoisotopic (exact) mass is 329 g/mol. The fraction of sp³-hybridized carbons (Fsp3) is 0.429. The number of aromatic amines is 1. The maximum absolute atomic E-state index is 9.96. The van der Waals surface area contributed by atoms with E-state index in [1.807, 2.05) is 0 Å². The average molecular weight is 330 g/mol. The lowest BCUT2D eigenvalue weighted by atomic mass is 9.99. The zero-order chi connectivity index (χ0) is 15.9. The lowest BCUT2D eigenvalue weighted by Crippen LogP contribution is -2.60. The van der Waals surface area contributed by atoms with E-state index in [9.17, 15) is 15.3 Å². The van der Waals surface area contributed by atoms with Crippen LogP contribution in [0.3, 0.4) is 0 Å². The first-order valence-corrected chi connectivity index (χ1v) is 7.13. The largest absolute Gasteiger partial charge is 0.460 e. The van der Waals surface area contributed by atoms with Crippen molar-refractivity contribution in [3.63, 3.8) is 0 Å². The highest BCUT2D eigenvalue weighted by Crippen LogP contribution is 2.31. The van der Waals surface area contributed by atoms with Gasteiger partial charge in [-0.1, -0.05) is 11.6 Å². The summed E-state index contributed by atoms with van der Waals surface area (Å²) in [5.74, 6) is 0.399. The zero-order valence-electron chi connectivity index (χ0n) is 11.4. The number of halogens is 1. The molecule has 1 aromatic heterocycles. The van der Waals surface area contributed by atoms with Crippen LogP contribution in [-0.2, 0) is 4.74 Å². The van der Waals surface area contributed by atoms with E-state index in [0.717, 1.165) is 10.9 Å². The highest BCUT2D eigenvalue weighted by Gasteiger charge is 2.44. The zero-order valence-corrected chi connectivity index (χ0v) is 12.1. The first kappa shape index (κ1) is 15.5. The molecule has 1 aliphatic heterocycles. The van der Waals surface area contributed by atoms with Gasteiger partial charge in [-0.2, -0.15) is 0 Å². The van der Waals surface area contributed by atoms with E-state index in [2.05, 4.69) is 4.98 Å². The van der Waals surface area contributed by atoms with Crippen LogP contribution in [0.25, 0.3) is 10.9 Å². The van der Waals surface area contributed by atoms with Crippen molar-refractivity contribution in [3.05, 3.63) is 29.4 Å². The molecule has 0 bridgehead atoms. The Labute approximate surface area is 130 Å². The van der Waals surface area contributed by atoms with Gasteiger partial charge in [0.1, 0.15) is 30.2 Å². The average Bonchev–Trinajstić information content (AvgIpc) is 2.90. The van der Waals surface area contributed by atoms with Gasteiger partial charge in [-0.3, -0.25) is 0 Å². The number of benzene rings is 1. The number of aromatic nitrogens is 1. The summed E-state index contributed by atoms with van der Waals surface area (Å²) in [5.41, 5.74) is 0.743. The first-order chi connectivity index (χ1) is 10.5. The van der Waals surface area contributed by atoms with E-state index >= 15 is 0 Å². The van der Waals surface area contributed by atoms with Gasteiger partial charge in [-0.05, 0) is 18.2 Å². The summed E-state index contributed by atoms with van der Waals surface area (Å²) in [5, 5.41) is 39.9. The summed E-state index contributed by atoms with van der Waals surface area (Å²) in [7, 11) is 0. The second-order valence-electron chi connectivity index (χ2n) is 5.16. The van der Waals surface area contributed by atoms with E-state index in [4.69, 9.17) is 26.2 Å². The smallest absolute Gasteiger partial charge is 0.229 e. The summed E-state index contributed by atoms with van der Waals surface area (Å²) in [6.45, 7) is -0.506. The molecule has 3 rings (SSSR count). The van der Waals surface area contributed by atoms with Gasteiger partial charge in [0, 0.05) is 16.6 Å². The van der Waals surface area contributed by atoms with Gasteiger partial charge >= 0.3 is 0 Å². The van der Waals surface area contributed by atoms with E-state index in [1.54, 1.807) is 24.4 Å². The number of ether oxygens (including phenoxy) is 2. The van der Waals surface area contributed by atoms with Crippen LogP contribution in [0.4, 0.5) is 0 Å². The minimum absolute atomic E-state index is 0.399. The molecule has 1 aromatic carbocycles. The SMILES string of the molecule is OC[C@H]1O[C@H](Oc2c[nH]c3cc(Cl)ccc23)[C@H](O)[C@@H](O)[C@@H]1O. The molecule has 8 heteroatoms. The molecular weight excluding hydrogens is 314 g/mol. The summed E-state index contributed by atoms with van der Waals surface area (Å²) in [4.78, 5) is 2.97. The molecule has 7 nitrogen and oxygen atoms in total. The van der Waals surface area contributed by atoms with Crippen LogP contribution in [0.15, 0.2) is 24.4 Å². The summed E-state index contributed by atoms with van der Waals surface area (Å²) < 4.78 is 10.9. The molecule has 0 spiro atoms. The number of hydrogen-bond donors (Lipinski definition) is 5. The van der Waals surface area contributed by atoms with Crippen LogP contribution < -0.4 is 4.74 Å². The Kier molecular flexibility index (Phi) is 4.26. The third kappa shape index (κ3) is 2.67. The van der Waals surface area contributed by atoms with Gasteiger partial charge in [-0.25, -0.2) is 0 Å². The Bertz CT molecular complexity index is 660. The van der Waals surface area contributed by atoms with E-state index in [0.29, 0.717) is 10.8 Å². The van der Waals surface area contributed by atoms with Crippen molar-refractivity contribution >= 4 is 22.5 Å². The standard InChI is InChI=1S/C14H16ClNO6/c15-6-1-2-7-8(3-6)16-4-9(7)21-14-13(20)12(19)11(18)10(5-17)22-14/h1-4,10-14,16-20H,5H2/t10-,11-,12+,13-,14+/m1/s1. The highest BCUT2D eigenvalue weighted by molar-refractivity contribution is 6.31. The van der Waals surface area contributed by atoms with Crippen LogP contribution in [0, 0.1) is 0 Å². The van der Waals surface area contributed by atoms with Crippen molar-refractivity contribution in [2.45, 2.75) is 30.7 Å². The Hall–Kier alpha value is -1.35. The van der Waals surface area contributed by atoms with E-state index < -0.39 is 37.3 Å². The molecule has 2 aromatic rings. The number of hydrogen-bond acceptors (Lipinski definition) is 6. The Morgan fingerprint density at radius 2 is 1.95 bits per heavy atom. The molecule has 0 saturated carbocycles. The molecule has 1 saturated heterocycles. The quantitative estimate of drug-likeness (QED) is 0.541. The molecule has 0 amide bonds. The van der Waals surface area contributed by atoms with E-state index in [-0.39, 0.29) is 0 Å². The molecule has 0 radical (unpaired) electrons. The fourth-order valence-electron chi connectivity index (χ4n) is 2.46. The van der Waals surface area contributed by atoms with Crippen molar-refractivity contribution < 1.29 is 29.9 Å². The molecule has 1 aliphatic rings. The fourth-order valence-corrected chi connectivity index (χ4v) is 2.63. The predicted octanol–water partition coefficient (Wildman–Crippen LogP) is -0.000000000000000278. The van der Waals surface area contributed by atoms with Crippen LogP contribution in [-0.4, -0.2) is 62.7 Å². The minimum atomic E-state index is -1.48. The van der Waals surface area contributed by atoms with Gasteiger partial charge in [0.15, 0.2) is 0 Å². The van der Waals surface area contributed by atoms with Crippen molar-refractivity contribution in [2.24, 2.45) is 0 Å². The summed E-state index contributed by atoms with van der Waals surface area (Å²) >= 11 is 5.90. The van der Waals surface area contributed by atoms with Crippen LogP contribution in [0.5, 0.6) is 5.75 Å². The predicted molar refractivity (Wildman–Crippen MR) is 77.7 cm³/mol. The van der Waals surface area contributed by atoms with Crippen molar-refractivity contribution in [1.29, 1.82) is 0 Å². The lowest BCUT2D eigenvalue weighted by Gasteiger charge is -2.39. The number of fused-ring (bicyclic) bond motifs is 1. The number of aliphatic hydroxyl groups excluding tert-OH is 4. The minimum Gasteiger partial charge on any atom is -0.460 e. The lowest BCUT2D eigenvalue weighted by molar-refractivity contribution is -0.277. The van der Waals surface area contributed by atoms with Gasteiger partial charge in [0.2, 0.25) is 6.29 Å². The molecule has 22 heavy (non-hydrogen) atoms. The van der Waals surface area contributed by atoms with Gasteiger partial charge in [-0.15, -0.1) is 0 Å². The number of aliphatic hydroxyl groups is 4. The second kappa shape index (κ2) is 6.04. The van der Waals surface area contributed by atoms with Crippen LogP contribution in [0.1, 0.15) is 0 Å². The van der Waals surface area contributed by atoms with Crippen LogP contribution in [0.2, 0.25) is 5.02 Å². The molecular formula is C14H16ClNO6. The number of rotatable bonds is 3. The number of nitrogens with one attached hydrogen (secondary N) is 1. The maximum atomic E-state index is 9.96. The Balaban J connectivity index is 1.84. The topological polar surface area (TPSA) is 115 Å². The van der Waals surface area contributed by atoms with Crippen LogP contribution >= 0.6 is 11.6 Å². The summed E-state index contributed by atoms with van der Waals surface area (Å²) in [6, 6.07) is 5.16. The second-order valence-corrected chi connectivity index (χ2v) is 5.59. The molecule has 1 fully saturated rings. The van der Waals surface area contributed by atoms with E-state index in [1.165, 1.54) is 0 Å². The Morgan fingerprint density at radius 3 is 2.68 bits per heavy atom. The van der Waals surface area contributed by atoms with Crippen molar-refractivity contribution in [1.82, 2.24) is 4.98 Å². The highest BCUT2D eigenvalue weighted by atomic mass is 35.5. The molecule has 2 heterocycles. The Morgan fingerprint density at radius 1 is 1.18 bits per heavy atom. The third-order valence-electron chi connectivity index (χ3n) is 3.70. The van der Waals surface area contributed by atoms with Crippen molar-refractivity contribution in [2.75, 3.05) is 6.61 Å². The van der Waals surface area contributed by atoms with Gasteiger partial charge in [0.05, 0.1) is 12.1 Å². The molecule has 120 valence electrons. The molecule has 5 atom stereocenters. The molecule has 0 unspecified atom stereocenters. The van der Waals surface area contributed by atoms with Crippen molar-refractivity contribution in [3.8, 4) is 5.75 Å².